The van der Waals surface area contributed by atoms with Crippen LogP contribution in [0.1, 0.15) is 10.4 Å². The predicted octanol–water partition coefficient (Wildman–Crippen LogP) is 3.71. The molecule has 0 saturated heterocycles. The monoisotopic (exact) mass is 441 g/mol. The predicted molar refractivity (Wildman–Crippen MR) is 109 cm³/mol. The molecule has 3 aromatic rings. The molecule has 10 heteroatoms. The van der Waals surface area contributed by atoms with Crippen molar-refractivity contribution in [2.45, 2.75) is 10.6 Å². The molecule has 0 unspecified atom stereocenters. The summed E-state index contributed by atoms with van der Waals surface area (Å²) in [5.41, 5.74) is 1.15. The number of nitrogens with zero attached hydrogens (tertiary/aromatic N) is 2. The summed E-state index contributed by atoms with van der Waals surface area (Å²) < 4.78 is 26.3. The molecule has 2 heterocycles. The molecule has 3 rings (SSSR count). The summed E-state index contributed by atoms with van der Waals surface area (Å²) in [5, 5.41) is 3.09. The van der Waals surface area contributed by atoms with E-state index in [2.05, 4.69) is 10.3 Å². The van der Waals surface area contributed by atoms with Crippen LogP contribution in [0.15, 0.2) is 52.9 Å². The Labute approximate surface area is 170 Å². The fourth-order valence-electron chi connectivity index (χ4n) is 2.28. The van der Waals surface area contributed by atoms with Gasteiger partial charge in [0, 0.05) is 24.5 Å². The summed E-state index contributed by atoms with van der Waals surface area (Å²) in [4.78, 5) is 17.4. The minimum absolute atomic E-state index is 0.0993. The van der Waals surface area contributed by atoms with Crippen LogP contribution < -0.4 is 5.32 Å². The summed E-state index contributed by atoms with van der Waals surface area (Å²) in [7, 11) is -2.40. The van der Waals surface area contributed by atoms with Gasteiger partial charge in [-0.05, 0) is 17.7 Å². The van der Waals surface area contributed by atoms with Gasteiger partial charge < -0.3 is 5.32 Å². The molecule has 142 valence electrons. The average molecular weight is 442 g/mol. The van der Waals surface area contributed by atoms with Crippen LogP contribution in [0.2, 0.25) is 4.34 Å². The van der Waals surface area contributed by atoms with E-state index in [-0.39, 0.29) is 10.8 Å². The van der Waals surface area contributed by atoms with Gasteiger partial charge in [0.2, 0.25) is 5.91 Å². The second-order valence-electron chi connectivity index (χ2n) is 5.66. The molecule has 1 aromatic carbocycles. The van der Waals surface area contributed by atoms with Gasteiger partial charge in [0.05, 0.1) is 10.9 Å². The molecule has 6 nitrogen and oxygen atoms in total. The van der Waals surface area contributed by atoms with Crippen molar-refractivity contribution in [2.75, 3.05) is 18.9 Å². The summed E-state index contributed by atoms with van der Waals surface area (Å²) in [5.74, 6) is -0.454. The van der Waals surface area contributed by atoms with Gasteiger partial charge in [-0.3, -0.25) is 4.79 Å². The number of benzene rings is 1. The van der Waals surface area contributed by atoms with Crippen LogP contribution in [-0.4, -0.2) is 37.2 Å². The number of aromatic nitrogens is 1. The smallest absolute Gasteiger partial charge is 0.252 e. The van der Waals surface area contributed by atoms with E-state index in [0.717, 1.165) is 32.5 Å². The maximum atomic E-state index is 12.4. The number of carbonyl (C=O) groups excluding carboxylic acids is 1. The SMILES string of the molecule is CN(CC(=O)Nc1ncc(Cc2ccccc2)s1)S(=O)(=O)c1ccc(Cl)s1. The number of halogens is 1. The highest BCUT2D eigenvalue weighted by atomic mass is 35.5. The third-order valence-electron chi connectivity index (χ3n) is 3.60. The molecule has 0 aliphatic carbocycles. The number of hydrogen-bond acceptors (Lipinski definition) is 6. The fraction of sp³-hybridized carbons (Fsp3) is 0.176. The maximum absolute atomic E-state index is 12.4. The van der Waals surface area contributed by atoms with Gasteiger partial charge >= 0.3 is 0 Å². The summed E-state index contributed by atoms with van der Waals surface area (Å²) in [6, 6.07) is 12.9. The van der Waals surface area contributed by atoms with E-state index in [1.54, 1.807) is 6.20 Å². The quantitative estimate of drug-likeness (QED) is 0.606. The molecule has 27 heavy (non-hydrogen) atoms. The van der Waals surface area contributed by atoms with Crippen LogP contribution in [0, 0.1) is 0 Å². The minimum atomic E-state index is -3.75. The van der Waals surface area contributed by atoms with E-state index in [9.17, 15) is 13.2 Å². The zero-order chi connectivity index (χ0) is 19.4. The van der Waals surface area contributed by atoms with Crippen molar-refractivity contribution in [1.82, 2.24) is 9.29 Å². The third-order valence-corrected chi connectivity index (χ3v) is 8.02. The first-order valence-electron chi connectivity index (χ1n) is 7.85. The molecule has 0 saturated carbocycles. The second kappa shape index (κ2) is 8.49. The lowest BCUT2D eigenvalue weighted by Crippen LogP contribution is -2.34. The Morgan fingerprint density at radius 2 is 1.93 bits per heavy atom. The molecule has 0 bridgehead atoms. The lowest BCUT2D eigenvalue weighted by atomic mass is 10.1. The van der Waals surface area contributed by atoms with Gasteiger partial charge in [0.25, 0.3) is 10.0 Å². The Morgan fingerprint density at radius 3 is 2.59 bits per heavy atom. The normalized spacial score (nSPS) is 11.7. The first kappa shape index (κ1) is 20.0. The Morgan fingerprint density at radius 1 is 1.19 bits per heavy atom. The highest BCUT2D eigenvalue weighted by molar-refractivity contribution is 7.91. The Balaban J connectivity index is 1.59. The lowest BCUT2D eigenvalue weighted by molar-refractivity contribution is -0.116. The molecule has 2 aromatic heterocycles. The molecule has 0 atom stereocenters. The van der Waals surface area contributed by atoms with Crippen molar-refractivity contribution in [1.29, 1.82) is 0 Å². The van der Waals surface area contributed by atoms with Crippen LogP contribution in [0.3, 0.4) is 0 Å². The van der Waals surface area contributed by atoms with Crippen molar-refractivity contribution >= 4 is 55.3 Å². The molecule has 0 aliphatic heterocycles. The van der Waals surface area contributed by atoms with Gasteiger partial charge in [-0.2, -0.15) is 4.31 Å². The average Bonchev–Trinajstić information content (AvgIpc) is 3.25. The molecule has 1 amide bonds. The van der Waals surface area contributed by atoms with E-state index in [0.29, 0.717) is 9.47 Å². The number of rotatable bonds is 7. The van der Waals surface area contributed by atoms with E-state index in [1.807, 2.05) is 30.3 Å². The highest BCUT2D eigenvalue weighted by Crippen LogP contribution is 2.27. The number of thiophene rings is 1. The molecule has 0 fully saturated rings. The first-order chi connectivity index (χ1) is 12.8. The van der Waals surface area contributed by atoms with Gasteiger partial charge in [-0.15, -0.1) is 22.7 Å². The van der Waals surface area contributed by atoms with Gasteiger partial charge in [0.15, 0.2) is 5.13 Å². The minimum Gasteiger partial charge on any atom is -0.301 e. The van der Waals surface area contributed by atoms with Crippen LogP contribution in [0.25, 0.3) is 0 Å². The number of hydrogen-bond donors (Lipinski definition) is 1. The molecule has 0 spiro atoms. The van der Waals surface area contributed by atoms with Crippen LogP contribution >= 0.6 is 34.3 Å². The number of carbonyl (C=O) groups is 1. The Hall–Kier alpha value is -1.78. The first-order valence-corrected chi connectivity index (χ1v) is 11.3. The number of thiazole rings is 1. The number of nitrogens with one attached hydrogen (secondary N) is 1. The molecular weight excluding hydrogens is 426 g/mol. The molecule has 0 aliphatic rings. The van der Waals surface area contributed by atoms with E-state index >= 15 is 0 Å². The summed E-state index contributed by atoms with van der Waals surface area (Å²) in [6.45, 7) is -0.314. The molecule has 0 radical (unpaired) electrons. The summed E-state index contributed by atoms with van der Waals surface area (Å²) in [6.07, 6.45) is 2.43. The van der Waals surface area contributed by atoms with E-state index in [1.165, 1.54) is 30.5 Å². The van der Waals surface area contributed by atoms with Crippen molar-refractivity contribution in [3.63, 3.8) is 0 Å². The number of sulfonamides is 1. The second-order valence-corrected chi connectivity index (χ2v) is 10.8. The van der Waals surface area contributed by atoms with Crippen LogP contribution in [0.4, 0.5) is 5.13 Å². The Kier molecular flexibility index (Phi) is 6.28. The van der Waals surface area contributed by atoms with E-state index < -0.39 is 15.9 Å². The van der Waals surface area contributed by atoms with E-state index in [4.69, 9.17) is 11.6 Å². The standard InChI is InChI=1S/C17H16ClN3O3S3/c1-21(27(23,24)16-8-7-14(18)26-16)11-15(22)20-17-19-10-13(25-17)9-12-5-3-2-4-6-12/h2-8,10H,9,11H2,1H3,(H,19,20,22). The highest BCUT2D eigenvalue weighted by Gasteiger charge is 2.25. The lowest BCUT2D eigenvalue weighted by Gasteiger charge is -2.14. The number of amides is 1. The Bertz CT molecular complexity index is 1030. The van der Waals surface area contributed by atoms with Crippen LogP contribution in [-0.2, 0) is 21.2 Å². The zero-order valence-electron chi connectivity index (χ0n) is 14.3. The van der Waals surface area contributed by atoms with Crippen molar-refractivity contribution in [2.24, 2.45) is 0 Å². The topological polar surface area (TPSA) is 79.4 Å². The molecular formula is C17H16ClN3O3S3. The number of likely N-dealkylation sites (N-methyl/N-ethyl adjacent to an activating group) is 1. The third kappa shape index (κ3) is 5.14. The van der Waals surface area contributed by atoms with Gasteiger partial charge in [0.1, 0.15) is 4.21 Å². The van der Waals surface area contributed by atoms with Gasteiger partial charge in [-0.1, -0.05) is 41.9 Å². The van der Waals surface area contributed by atoms with Crippen LogP contribution in [0.5, 0.6) is 0 Å². The largest absolute Gasteiger partial charge is 0.301 e. The fourth-order valence-corrected chi connectivity index (χ4v) is 5.96. The van der Waals surface area contributed by atoms with Gasteiger partial charge in [-0.25, -0.2) is 13.4 Å². The molecule has 1 N–H and O–H groups in total. The number of anilines is 1. The maximum Gasteiger partial charge on any atom is 0.252 e. The zero-order valence-corrected chi connectivity index (χ0v) is 17.5. The van der Waals surface area contributed by atoms with Crippen molar-refractivity contribution in [3.8, 4) is 0 Å². The van der Waals surface area contributed by atoms with Crippen molar-refractivity contribution in [3.05, 3.63) is 63.4 Å². The van der Waals surface area contributed by atoms with Crippen molar-refractivity contribution < 1.29 is 13.2 Å². The summed E-state index contributed by atoms with van der Waals surface area (Å²) >= 11 is 8.11.